The summed E-state index contributed by atoms with van der Waals surface area (Å²) in [5.74, 6) is -2.78. The van der Waals surface area contributed by atoms with Crippen molar-refractivity contribution in [3.63, 3.8) is 0 Å². The summed E-state index contributed by atoms with van der Waals surface area (Å²) in [5.41, 5.74) is -0.914. The van der Waals surface area contributed by atoms with E-state index < -0.39 is 61.7 Å². The van der Waals surface area contributed by atoms with E-state index in [1.165, 1.54) is 12.1 Å². The van der Waals surface area contributed by atoms with Crippen molar-refractivity contribution in [2.75, 3.05) is 6.61 Å². The zero-order chi connectivity index (χ0) is 29.7. The molecule has 2 aliphatic carbocycles. The van der Waals surface area contributed by atoms with Gasteiger partial charge in [0.2, 0.25) is 0 Å². The van der Waals surface area contributed by atoms with Gasteiger partial charge in [-0.2, -0.15) is 0 Å². The molecular weight excluding hydrogens is 662 g/mol. The normalized spacial score (nSPS) is 21.9. The van der Waals surface area contributed by atoms with E-state index in [1.807, 2.05) is 4.08 Å². The number of halogens is 6. The fourth-order valence-corrected chi connectivity index (χ4v) is 7.35. The van der Waals surface area contributed by atoms with Crippen LogP contribution in [0.15, 0.2) is 61.5 Å². The SMILES string of the molecule is CC(C)(O)CCOc1ccc(-c2cc(COC3=C[I-]C=C4C(=C3)C[C@H]3[C@H](C(=O)O)[C@@H]43)c(F)cc2C(F)(F)F)cc1F. The van der Waals surface area contributed by atoms with Gasteiger partial charge in [-0.1, -0.05) is 0 Å². The summed E-state index contributed by atoms with van der Waals surface area (Å²) in [6, 6.07) is 4.78. The van der Waals surface area contributed by atoms with Crippen LogP contribution in [0.25, 0.3) is 11.1 Å². The maximum atomic E-state index is 14.9. The summed E-state index contributed by atoms with van der Waals surface area (Å²) in [7, 11) is 0. The van der Waals surface area contributed by atoms with Crippen molar-refractivity contribution in [2.24, 2.45) is 17.8 Å². The number of fused-ring (bicyclic) bond motifs is 3. The van der Waals surface area contributed by atoms with E-state index in [0.717, 1.165) is 23.3 Å². The van der Waals surface area contributed by atoms with Crippen LogP contribution in [-0.2, 0) is 22.3 Å². The Bertz CT molecular complexity index is 1470. The summed E-state index contributed by atoms with van der Waals surface area (Å²) in [4.78, 5) is 11.4. The number of carboxylic acid groups (broad SMARTS) is 1. The monoisotopic (exact) mass is 689 g/mol. The molecule has 1 heterocycles. The van der Waals surface area contributed by atoms with Crippen LogP contribution < -0.4 is 25.9 Å². The van der Waals surface area contributed by atoms with Crippen LogP contribution in [0.5, 0.6) is 5.75 Å². The Morgan fingerprint density at radius 1 is 1.07 bits per heavy atom. The second-order valence-corrected chi connectivity index (χ2v) is 12.9. The molecule has 41 heavy (non-hydrogen) atoms. The molecular formula is C30H27F5IO5-. The quantitative estimate of drug-likeness (QED) is 0.310. The molecule has 220 valence electrons. The van der Waals surface area contributed by atoms with Crippen LogP contribution >= 0.6 is 0 Å². The van der Waals surface area contributed by atoms with Crippen LogP contribution in [0.4, 0.5) is 22.0 Å². The van der Waals surface area contributed by atoms with E-state index >= 15 is 0 Å². The maximum absolute atomic E-state index is 14.9. The Labute approximate surface area is 243 Å². The molecule has 0 amide bonds. The molecule has 1 aliphatic heterocycles. The third-order valence-electron chi connectivity index (χ3n) is 7.41. The van der Waals surface area contributed by atoms with Gasteiger partial charge in [0.05, 0.1) is 12.2 Å². The second kappa shape index (κ2) is 11.0. The average molecular weight is 689 g/mol. The number of ether oxygens (including phenoxy) is 2. The van der Waals surface area contributed by atoms with E-state index in [0.29, 0.717) is 18.2 Å². The topological polar surface area (TPSA) is 76.0 Å². The molecule has 0 saturated heterocycles. The van der Waals surface area contributed by atoms with E-state index in [2.05, 4.69) is 4.08 Å². The van der Waals surface area contributed by atoms with Gasteiger partial charge in [0.15, 0.2) is 0 Å². The second-order valence-electron chi connectivity index (χ2n) is 11.0. The zero-order valence-electron chi connectivity index (χ0n) is 22.1. The van der Waals surface area contributed by atoms with Crippen LogP contribution in [0.1, 0.15) is 37.8 Å². The molecule has 2 fully saturated rings. The van der Waals surface area contributed by atoms with Crippen molar-refractivity contribution in [3.8, 4) is 16.9 Å². The van der Waals surface area contributed by atoms with Crippen LogP contribution in [0.3, 0.4) is 0 Å². The molecule has 5 nitrogen and oxygen atoms in total. The number of alkyl halides is 3. The minimum absolute atomic E-state index is 0.00164. The molecule has 0 spiro atoms. The van der Waals surface area contributed by atoms with Gasteiger partial charge in [-0.25, -0.2) is 0 Å². The molecule has 5 rings (SSSR count). The Balaban J connectivity index is 1.35. The van der Waals surface area contributed by atoms with Crippen molar-refractivity contribution < 1.29 is 67.6 Å². The van der Waals surface area contributed by atoms with Gasteiger partial charge in [-0.3, -0.25) is 0 Å². The number of rotatable bonds is 9. The Morgan fingerprint density at radius 3 is 2.49 bits per heavy atom. The fourth-order valence-electron chi connectivity index (χ4n) is 5.26. The Kier molecular flexibility index (Phi) is 7.97. The number of allylic oxidation sites excluding steroid dienone is 3. The first-order valence-corrected chi connectivity index (χ1v) is 15.4. The molecule has 3 atom stereocenters. The summed E-state index contributed by atoms with van der Waals surface area (Å²) >= 11 is -0.604. The summed E-state index contributed by atoms with van der Waals surface area (Å²) in [5, 5.41) is 19.1. The van der Waals surface area contributed by atoms with Gasteiger partial charge < -0.3 is 5.11 Å². The molecule has 0 aromatic heterocycles. The number of carbonyl (C=O) groups is 1. The van der Waals surface area contributed by atoms with Gasteiger partial charge >= 0.3 is 207 Å². The van der Waals surface area contributed by atoms with Gasteiger partial charge in [0.25, 0.3) is 0 Å². The summed E-state index contributed by atoms with van der Waals surface area (Å²) in [6.45, 7) is 2.78. The Hall–Kier alpha value is -2.93. The predicted molar refractivity (Wildman–Crippen MR) is 135 cm³/mol. The number of benzene rings is 2. The van der Waals surface area contributed by atoms with Crippen LogP contribution in [-0.4, -0.2) is 28.4 Å². The number of hydrogen-bond donors (Lipinski definition) is 2. The minimum atomic E-state index is -4.90. The third kappa shape index (κ3) is 6.45. The summed E-state index contributed by atoms with van der Waals surface area (Å²) in [6.07, 6.45) is -2.27. The molecule has 11 heteroatoms. The van der Waals surface area contributed by atoms with Crippen LogP contribution in [0, 0.1) is 29.4 Å². The number of hydrogen-bond acceptors (Lipinski definition) is 4. The molecule has 3 aliphatic rings. The van der Waals surface area contributed by atoms with Crippen molar-refractivity contribution in [1.82, 2.24) is 0 Å². The standard InChI is InChI=1S/C30H27F5IO5/c1-29(2,39)5-6-40-25-4-3-15(10-24(25)32)19-9-17(23(31)11-22(19)30(33,34)35)14-41-18-7-16-8-20-26(27(20)28(37)38)21(16)13-36-12-18/h3-4,7,9-13,20,26-27,39H,5-6,8,14H2,1-2H3,(H,37,38)/q-1/t20-,26-,27+/m1/s1. The van der Waals surface area contributed by atoms with Crippen molar-refractivity contribution >= 4 is 5.97 Å². The van der Waals surface area contributed by atoms with Crippen molar-refractivity contribution in [2.45, 2.75) is 45.1 Å². The van der Waals surface area contributed by atoms with Crippen molar-refractivity contribution in [1.29, 1.82) is 0 Å². The van der Waals surface area contributed by atoms with Gasteiger partial charge in [0, 0.05) is 6.42 Å². The third-order valence-corrected chi connectivity index (χ3v) is 9.41. The number of aliphatic carboxylic acids is 1. The first-order chi connectivity index (χ1) is 19.2. The van der Waals surface area contributed by atoms with Crippen LogP contribution in [0.2, 0.25) is 0 Å². The molecule has 0 bridgehead atoms. The van der Waals surface area contributed by atoms with E-state index in [4.69, 9.17) is 9.47 Å². The Morgan fingerprint density at radius 2 is 1.83 bits per heavy atom. The molecule has 2 saturated carbocycles. The molecule has 0 unspecified atom stereocenters. The zero-order valence-corrected chi connectivity index (χ0v) is 24.2. The number of aliphatic hydroxyl groups is 1. The van der Waals surface area contributed by atoms with E-state index in [1.54, 1.807) is 19.9 Å². The van der Waals surface area contributed by atoms with Gasteiger partial charge in [-0.05, 0) is 13.8 Å². The van der Waals surface area contributed by atoms with Gasteiger partial charge in [-0.15, -0.1) is 0 Å². The first kappa shape index (κ1) is 29.6. The van der Waals surface area contributed by atoms with Crippen molar-refractivity contribution in [3.05, 3.63) is 84.2 Å². The number of carboxylic acids is 1. The first-order valence-electron chi connectivity index (χ1n) is 12.9. The van der Waals surface area contributed by atoms with Gasteiger partial charge in [0.1, 0.15) is 0 Å². The van der Waals surface area contributed by atoms with E-state index in [-0.39, 0.29) is 54.3 Å². The average Bonchev–Trinajstić information content (AvgIpc) is 3.53. The molecule has 0 radical (unpaired) electrons. The molecule has 2 aromatic rings. The summed E-state index contributed by atoms with van der Waals surface area (Å²) < 4.78 is 86.4. The van der Waals surface area contributed by atoms with E-state index in [9.17, 15) is 37.0 Å². The molecule has 2 N–H and O–H groups in total. The molecule has 2 aromatic carbocycles. The fraction of sp³-hybridized carbons (Fsp3) is 0.367. The predicted octanol–water partition coefficient (Wildman–Crippen LogP) is 3.81.